The van der Waals surface area contributed by atoms with Gasteiger partial charge in [-0.15, -0.1) is 0 Å². The van der Waals surface area contributed by atoms with Crippen molar-refractivity contribution in [1.82, 2.24) is 5.32 Å². The molecule has 0 spiro atoms. The van der Waals surface area contributed by atoms with Crippen molar-refractivity contribution in [2.45, 2.75) is 58.5 Å². The quantitative estimate of drug-likeness (QED) is 0.691. The molecular formula is C15H24FN. The zero-order valence-corrected chi connectivity index (χ0v) is 11.2. The van der Waals surface area contributed by atoms with Crippen molar-refractivity contribution in [3.63, 3.8) is 0 Å². The van der Waals surface area contributed by atoms with Crippen molar-refractivity contribution in [2.24, 2.45) is 0 Å². The minimum Gasteiger partial charge on any atom is -0.308 e. The number of nitrogens with one attached hydrogen (secondary N) is 1. The number of unbranched alkanes of at least 4 members (excludes halogenated alkanes) is 2. The molecule has 2 atom stereocenters. The molecule has 96 valence electrons. The Kier molecular flexibility index (Phi) is 6.20. The minimum absolute atomic E-state index is 0.158. The molecule has 0 aliphatic carbocycles. The second-order valence-electron chi connectivity index (χ2n) is 4.84. The highest BCUT2D eigenvalue weighted by molar-refractivity contribution is 5.19. The third-order valence-corrected chi connectivity index (χ3v) is 3.12. The Balaban J connectivity index is 2.40. The molecule has 0 heterocycles. The summed E-state index contributed by atoms with van der Waals surface area (Å²) < 4.78 is 13.1. The molecule has 1 unspecified atom stereocenters. The molecular weight excluding hydrogens is 213 g/mol. The average Bonchev–Trinajstić information content (AvgIpc) is 2.29. The van der Waals surface area contributed by atoms with Gasteiger partial charge in [-0.25, -0.2) is 4.39 Å². The molecule has 1 N–H and O–H groups in total. The van der Waals surface area contributed by atoms with E-state index in [9.17, 15) is 4.39 Å². The van der Waals surface area contributed by atoms with Crippen LogP contribution in [0.3, 0.4) is 0 Å². The lowest BCUT2D eigenvalue weighted by atomic mass is 10.1. The van der Waals surface area contributed by atoms with E-state index in [1.54, 1.807) is 12.1 Å². The van der Waals surface area contributed by atoms with Crippen molar-refractivity contribution in [1.29, 1.82) is 0 Å². The van der Waals surface area contributed by atoms with Crippen LogP contribution in [0.4, 0.5) is 4.39 Å². The third-order valence-electron chi connectivity index (χ3n) is 3.12. The van der Waals surface area contributed by atoms with E-state index in [0.717, 1.165) is 5.56 Å². The summed E-state index contributed by atoms with van der Waals surface area (Å²) in [6, 6.07) is 7.53. The van der Waals surface area contributed by atoms with E-state index in [1.807, 2.05) is 6.07 Å². The Morgan fingerprint density at radius 1 is 1.24 bits per heavy atom. The topological polar surface area (TPSA) is 12.0 Å². The van der Waals surface area contributed by atoms with E-state index in [4.69, 9.17) is 0 Å². The molecule has 0 radical (unpaired) electrons. The summed E-state index contributed by atoms with van der Waals surface area (Å²) in [5, 5.41) is 3.52. The molecule has 0 saturated carbocycles. The first-order chi connectivity index (χ1) is 8.13. The van der Waals surface area contributed by atoms with Crippen LogP contribution in [0.25, 0.3) is 0 Å². The molecule has 0 aliphatic rings. The van der Waals surface area contributed by atoms with Crippen LogP contribution in [-0.4, -0.2) is 6.04 Å². The van der Waals surface area contributed by atoms with Crippen molar-refractivity contribution in [2.75, 3.05) is 0 Å². The summed E-state index contributed by atoms with van der Waals surface area (Å²) in [7, 11) is 0. The van der Waals surface area contributed by atoms with Gasteiger partial charge in [0.15, 0.2) is 0 Å². The maximum atomic E-state index is 13.1. The lowest BCUT2D eigenvalue weighted by Crippen LogP contribution is -2.28. The SMILES string of the molecule is CCCCCC(C)N[C@@H](C)c1cccc(F)c1. The Labute approximate surface area is 104 Å². The Hall–Kier alpha value is -0.890. The van der Waals surface area contributed by atoms with Gasteiger partial charge in [0, 0.05) is 12.1 Å². The van der Waals surface area contributed by atoms with E-state index in [1.165, 1.54) is 31.7 Å². The third kappa shape index (κ3) is 5.31. The number of benzene rings is 1. The number of hydrogen-bond donors (Lipinski definition) is 1. The van der Waals surface area contributed by atoms with Crippen molar-refractivity contribution in [3.8, 4) is 0 Å². The molecule has 0 bridgehead atoms. The molecule has 1 nitrogen and oxygen atoms in total. The largest absolute Gasteiger partial charge is 0.308 e. The van der Waals surface area contributed by atoms with Gasteiger partial charge in [-0.3, -0.25) is 0 Å². The fourth-order valence-electron chi connectivity index (χ4n) is 2.08. The molecule has 1 aromatic carbocycles. The van der Waals surface area contributed by atoms with E-state index in [2.05, 4.69) is 26.1 Å². The summed E-state index contributed by atoms with van der Waals surface area (Å²) >= 11 is 0. The molecule has 2 heteroatoms. The lowest BCUT2D eigenvalue weighted by Gasteiger charge is -2.20. The molecule has 0 amide bonds. The maximum absolute atomic E-state index is 13.1. The van der Waals surface area contributed by atoms with Crippen molar-refractivity contribution in [3.05, 3.63) is 35.6 Å². The molecule has 0 aromatic heterocycles. The van der Waals surface area contributed by atoms with Gasteiger partial charge in [-0.2, -0.15) is 0 Å². The fourth-order valence-corrected chi connectivity index (χ4v) is 2.08. The highest BCUT2D eigenvalue weighted by Crippen LogP contribution is 2.15. The Morgan fingerprint density at radius 3 is 2.65 bits per heavy atom. The summed E-state index contributed by atoms with van der Waals surface area (Å²) in [5.74, 6) is -0.158. The average molecular weight is 237 g/mol. The summed E-state index contributed by atoms with van der Waals surface area (Å²) in [4.78, 5) is 0. The van der Waals surface area contributed by atoms with Crippen molar-refractivity contribution >= 4 is 0 Å². The van der Waals surface area contributed by atoms with Crippen LogP contribution in [0.5, 0.6) is 0 Å². The van der Waals surface area contributed by atoms with Crippen molar-refractivity contribution < 1.29 is 4.39 Å². The van der Waals surface area contributed by atoms with Crippen LogP contribution in [-0.2, 0) is 0 Å². The van der Waals surface area contributed by atoms with E-state index in [0.29, 0.717) is 6.04 Å². The van der Waals surface area contributed by atoms with Gasteiger partial charge in [0.05, 0.1) is 0 Å². The summed E-state index contributed by atoms with van der Waals surface area (Å²) in [6.45, 7) is 6.50. The zero-order chi connectivity index (χ0) is 12.7. The molecule has 0 aliphatic heterocycles. The molecule has 0 fully saturated rings. The normalized spacial score (nSPS) is 14.6. The maximum Gasteiger partial charge on any atom is 0.123 e. The van der Waals surface area contributed by atoms with Gasteiger partial charge in [0.2, 0.25) is 0 Å². The second kappa shape index (κ2) is 7.44. The molecule has 1 rings (SSSR count). The number of halogens is 1. The standard InChI is InChI=1S/C15H24FN/c1-4-5-6-8-12(2)17-13(3)14-9-7-10-15(16)11-14/h7,9-13,17H,4-6,8H2,1-3H3/t12?,13-/m0/s1. The number of rotatable bonds is 7. The zero-order valence-electron chi connectivity index (χ0n) is 11.2. The Bertz CT molecular complexity index is 324. The van der Waals surface area contributed by atoms with Gasteiger partial charge in [0.1, 0.15) is 5.82 Å². The van der Waals surface area contributed by atoms with Crippen LogP contribution in [0.1, 0.15) is 58.1 Å². The van der Waals surface area contributed by atoms with Crippen LogP contribution in [0.15, 0.2) is 24.3 Å². The van der Waals surface area contributed by atoms with Crippen LogP contribution in [0.2, 0.25) is 0 Å². The first-order valence-corrected chi connectivity index (χ1v) is 6.65. The molecule has 1 aromatic rings. The lowest BCUT2D eigenvalue weighted by molar-refractivity contribution is 0.439. The highest BCUT2D eigenvalue weighted by atomic mass is 19.1. The van der Waals surface area contributed by atoms with E-state index < -0.39 is 0 Å². The second-order valence-corrected chi connectivity index (χ2v) is 4.84. The van der Waals surface area contributed by atoms with E-state index >= 15 is 0 Å². The molecule has 0 saturated heterocycles. The van der Waals surface area contributed by atoms with Gasteiger partial charge in [-0.1, -0.05) is 38.3 Å². The van der Waals surface area contributed by atoms with Gasteiger partial charge >= 0.3 is 0 Å². The minimum atomic E-state index is -0.158. The first-order valence-electron chi connectivity index (χ1n) is 6.65. The van der Waals surface area contributed by atoms with E-state index in [-0.39, 0.29) is 11.9 Å². The van der Waals surface area contributed by atoms with Gasteiger partial charge < -0.3 is 5.32 Å². The predicted octanol–water partition coefficient (Wildman–Crippen LogP) is 4.45. The monoisotopic (exact) mass is 237 g/mol. The summed E-state index contributed by atoms with van der Waals surface area (Å²) in [5.41, 5.74) is 1.02. The van der Waals surface area contributed by atoms with Gasteiger partial charge in [0.25, 0.3) is 0 Å². The fraction of sp³-hybridized carbons (Fsp3) is 0.600. The highest BCUT2D eigenvalue weighted by Gasteiger charge is 2.09. The smallest absolute Gasteiger partial charge is 0.123 e. The summed E-state index contributed by atoms with van der Waals surface area (Å²) in [6.07, 6.45) is 5.00. The van der Waals surface area contributed by atoms with Crippen LogP contribution < -0.4 is 5.32 Å². The number of hydrogen-bond acceptors (Lipinski definition) is 1. The van der Waals surface area contributed by atoms with Crippen LogP contribution in [0, 0.1) is 5.82 Å². The Morgan fingerprint density at radius 2 is 2.00 bits per heavy atom. The van der Waals surface area contributed by atoms with Gasteiger partial charge in [-0.05, 0) is 38.0 Å². The predicted molar refractivity (Wildman–Crippen MR) is 71.6 cm³/mol. The first kappa shape index (κ1) is 14.2. The van der Waals surface area contributed by atoms with Crippen LogP contribution >= 0.6 is 0 Å². The molecule has 17 heavy (non-hydrogen) atoms.